The van der Waals surface area contributed by atoms with Gasteiger partial charge in [-0.15, -0.1) is 11.3 Å². The van der Waals surface area contributed by atoms with Gasteiger partial charge in [-0.05, 0) is 37.3 Å². The summed E-state index contributed by atoms with van der Waals surface area (Å²) in [6, 6.07) is 11.4. The van der Waals surface area contributed by atoms with Crippen LogP contribution in [-0.2, 0) is 16.6 Å². The monoisotopic (exact) mass is 483 g/mol. The largest absolute Gasteiger partial charge is 0.345 e. The predicted molar refractivity (Wildman–Crippen MR) is 121 cm³/mol. The average Bonchev–Trinajstić information content (AvgIpc) is 3.07. The minimum atomic E-state index is -3.68. The van der Waals surface area contributed by atoms with Crippen molar-refractivity contribution in [2.75, 3.05) is 14.1 Å². The van der Waals surface area contributed by atoms with Crippen LogP contribution in [0.15, 0.2) is 47.4 Å². The Morgan fingerprint density at radius 2 is 1.80 bits per heavy atom. The zero-order valence-electron chi connectivity index (χ0n) is 16.4. The lowest BCUT2D eigenvalue weighted by Gasteiger charge is -2.13. The van der Waals surface area contributed by atoms with E-state index in [-0.39, 0.29) is 22.0 Å². The number of nitrogens with one attached hydrogen (secondary N) is 1. The second-order valence-corrected chi connectivity index (χ2v) is 10.9. The van der Waals surface area contributed by atoms with Gasteiger partial charge in [-0.2, -0.15) is 0 Å². The van der Waals surface area contributed by atoms with E-state index in [0.717, 1.165) is 25.4 Å². The van der Waals surface area contributed by atoms with Gasteiger partial charge in [0.05, 0.1) is 27.7 Å². The number of carbonyl (C=O) groups is 1. The van der Waals surface area contributed by atoms with Crippen LogP contribution < -0.4 is 5.32 Å². The molecule has 0 radical (unpaired) electrons. The number of benzene rings is 2. The number of thiazole rings is 1. The Morgan fingerprint density at radius 3 is 2.43 bits per heavy atom. The van der Waals surface area contributed by atoms with E-state index in [2.05, 4.69) is 10.3 Å². The summed E-state index contributed by atoms with van der Waals surface area (Å²) >= 11 is 13.5. The molecule has 2 aromatic carbocycles. The van der Waals surface area contributed by atoms with Gasteiger partial charge in [0.1, 0.15) is 5.01 Å². The van der Waals surface area contributed by atoms with Gasteiger partial charge in [-0.25, -0.2) is 17.7 Å². The first-order valence-corrected chi connectivity index (χ1v) is 11.8. The molecule has 1 amide bonds. The summed E-state index contributed by atoms with van der Waals surface area (Å²) < 4.78 is 25.7. The summed E-state index contributed by atoms with van der Waals surface area (Å²) in [5, 5.41) is 4.30. The van der Waals surface area contributed by atoms with Crippen molar-refractivity contribution >= 4 is 50.5 Å². The lowest BCUT2D eigenvalue weighted by atomic mass is 10.1. The van der Waals surface area contributed by atoms with Gasteiger partial charge in [0.15, 0.2) is 0 Å². The van der Waals surface area contributed by atoms with Crippen LogP contribution in [0.4, 0.5) is 0 Å². The molecule has 3 aromatic rings. The van der Waals surface area contributed by atoms with Crippen molar-refractivity contribution in [3.05, 3.63) is 68.0 Å². The molecule has 0 fully saturated rings. The number of aromatic nitrogens is 1. The minimum absolute atomic E-state index is 0.00262. The summed E-state index contributed by atoms with van der Waals surface area (Å²) in [5.74, 6) is -0.475. The molecule has 1 heterocycles. The van der Waals surface area contributed by atoms with E-state index in [1.54, 1.807) is 12.1 Å². The van der Waals surface area contributed by atoms with Gasteiger partial charge < -0.3 is 5.32 Å². The average molecular weight is 484 g/mol. The molecule has 1 N–H and O–H groups in total. The highest BCUT2D eigenvalue weighted by Crippen LogP contribution is 2.28. The van der Waals surface area contributed by atoms with Crippen molar-refractivity contribution in [2.24, 2.45) is 0 Å². The summed E-state index contributed by atoms with van der Waals surface area (Å²) in [6.45, 7) is 2.15. The normalized spacial score (nSPS) is 11.7. The van der Waals surface area contributed by atoms with Crippen LogP contribution in [0.2, 0.25) is 10.0 Å². The summed E-state index contributed by atoms with van der Waals surface area (Å²) in [5.41, 5.74) is 1.86. The van der Waals surface area contributed by atoms with Crippen LogP contribution in [-0.4, -0.2) is 37.7 Å². The third kappa shape index (κ3) is 4.84. The van der Waals surface area contributed by atoms with Crippen LogP contribution in [0.3, 0.4) is 0 Å². The fraction of sp³-hybridized carbons (Fsp3) is 0.200. The smallest absolute Gasteiger partial charge is 0.253 e. The highest BCUT2D eigenvalue weighted by Gasteiger charge is 2.21. The summed E-state index contributed by atoms with van der Waals surface area (Å²) in [7, 11) is -0.831. The second kappa shape index (κ2) is 9.03. The topological polar surface area (TPSA) is 79.4 Å². The first-order chi connectivity index (χ1) is 14.1. The molecule has 0 bridgehead atoms. The van der Waals surface area contributed by atoms with Crippen LogP contribution in [0.5, 0.6) is 0 Å². The van der Waals surface area contributed by atoms with Gasteiger partial charge in [-0.3, -0.25) is 4.79 Å². The van der Waals surface area contributed by atoms with E-state index in [1.165, 1.54) is 43.6 Å². The lowest BCUT2D eigenvalue weighted by molar-refractivity contribution is 0.0951. The molecule has 10 heteroatoms. The first kappa shape index (κ1) is 22.7. The van der Waals surface area contributed by atoms with Crippen molar-refractivity contribution in [1.29, 1.82) is 0 Å². The molecule has 158 valence electrons. The van der Waals surface area contributed by atoms with Crippen molar-refractivity contribution in [3.63, 3.8) is 0 Å². The highest BCUT2D eigenvalue weighted by atomic mass is 35.5. The Morgan fingerprint density at radius 1 is 1.13 bits per heavy atom. The number of carbonyl (C=O) groups excluding carboxylic acids is 1. The van der Waals surface area contributed by atoms with Crippen molar-refractivity contribution < 1.29 is 13.2 Å². The Balaban J connectivity index is 1.78. The number of halogens is 2. The maximum absolute atomic E-state index is 12.6. The number of hydrogen-bond acceptors (Lipinski definition) is 5. The summed E-state index contributed by atoms with van der Waals surface area (Å²) in [4.78, 5) is 18.3. The fourth-order valence-electron chi connectivity index (χ4n) is 2.70. The van der Waals surface area contributed by atoms with Crippen LogP contribution >= 0.6 is 34.5 Å². The van der Waals surface area contributed by atoms with Crippen molar-refractivity contribution in [3.8, 4) is 11.3 Å². The van der Waals surface area contributed by atoms with Crippen LogP contribution in [0, 0.1) is 6.92 Å². The number of aryl methyl sites for hydroxylation is 1. The third-order valence-corrected chi connectivity index (χ3v) is 7.68. The molecule has 0 unspecified atom stereocenters. The minimum Gasteiger partial charge on any atom is -0.345 e. The fourth-order valence-corrected chi connectivity index (χ4v) is 4.86. The Labute approximate surface area is 189 Å². The molecule has 30 heavy (non-hydrogen) atoms. The van der Waals surface area contributed by atoms with E-state index >= 15 is 0 Å². The maximum atomic E-state index is 12.6. The lowest BCUT2D eigenvalue weighted by Crippen LogP contribution is -2.25. The van der Waals surface area contributed by atoms with Crippen LogP contribution in [0.25, 0.3) is 11.3 Å². The number of rotatable bonds is 6. The standard InChI is InChI=1S/C20H19Cl2N3O3S2/c1-12-19(13-4-6-14(21)7-5-13)24-18(29-12)11-23-20(26)16-10-15(8-9-17(16)22)30(27,28)25(2)3/h4-10H,11H2,1-3H3,(H,23,26). The van der Waals surface area contributed by atoms with Crippen molar-refractivity contribution in [2.45, 2.75) is 18.4 Å². The Hall–Kier alpha value is -1.97. The molecule has 0 atom stereocenters. The molecule has 3 rings (SSSR count). The van der Waals surface area contributed by atoms with Gasteiger partial charge in [0, 0.05) is 29.6 Å². The zero-order chi connectivity index (χ0) is 22.1. The zero-order valence-corrected chi connectivity index (χ0v) is 19.6. The predicted octanol–water partition coefficient (Wildman–Crippen LogP) is 4.61. The molecule has 0 saturated carbocycles. The quantitative estimate of drug-likeness (QED) is 0.555. The molecule has 0 aliphatic carbocycles. The molecule has 1 aromatic heterocycles. The van der Waals surface area contributed by atoms with Crippen molar-refractivity contribution in [1.82, 2.24) is 14.6 Å². The number of hydrogen-bond donors (Lipinski definition) is 1. The maximum Gasteiger partial charge on any atom is 0.253 e. The first-order valence-electron chi connectivity index (χ1n) is 8.82. The van der Waals surface area contributed by atoms with E-state index in [4.69, 9.17) is 23.2 Å². The van der Waals surface area contributed by atoms with Gasteiger partial charge in [-0.1, -0.05) is 35.3 Å². The molecule has 0 saturated heterocycles. The van der Waals surface area contributed by atoms with E-state index < -0.39 is 15.9 Å². The SMILES string of the molecule is Cc1sc(CNC(=O)c2cc(S(=O)(=O)N(C)C)ccc2Cl)nc1-c1ccc(Cl)cc1. The molecular formula is C20H19Cl2N3O3S2. The summed E-state index contributed by atoms with van der Waals surface area (Å²) in [6.07, 6.45) is 0. The second-order valence-electron chi connectivity index (χ2n) is 6.63. The third-order valence-electron chi connectivity index (χ3n) is 4.32. The highest BCUT2D eigenvalue weighted by molar-refractivity contribution is 7.89. The van der Waals surface area contributed by atoms with Gasteiger partial charge in [0.25, 0.3) is 5.91 Å². The molecular weight excluding hydrogens is 465 g/mol. The number of nitrogens with zero attached hydrogens (tertiary/aromatic N) is 2. The molecule has 0 spiro atoms. The van der Waals surface area contributed by atoms with E-state index in [9.17, 15) is 13.2 Å². The Kier molecular flexibility index (Phi) is 6.84. The van der Waals surface area contributed by atoms with Crippen LogP contribution in [0.1, 0.15) is 20.2 Å². The molecule has 0 aliphatic rings. The molecule has 0 aliphatic heterocycles. The van der Waals surface area contributed by atoms with Gasteiger partial charge >= 0.3 is 0 Å². The van der Waals surface area contributed by atoms with Gasteiger partial charge in [0.2, 0.25) is 10.0 Å². The van der Waals surface area contributed by atoms with E-state index in [1.807, 2.05) is 19.1 Å². The molecule has 6 nitrogen and oxygen atoms in total. The van der Waals surface area contributed by atoms with E-state index in [0.29, 0.717) is 5.02 Å². The Bertz CT molecular complexity index is 1190. The number of amides is 1. The number of sulfonamides is 1.